The Morgan fingerprint density at radius 3 is 1.69 bits per heavy atom. The number of hydrogen-bond donors (Lipinski definition) is 2. The van der Waals surface area contributed by atoms with Crippen molar-refractivity contribution in [3.05, 3.63) is 0 Å². The topological polar surface area (TPSA) is 93.1 Å². The maximum Gasteiger partial charge on any atom is 0.506 e. The van der Waals surface area contributed by atoms with Crippen molar-refractivity contribution in [2.75, 3.05) is 0 Å². The average Bonchev–Trinajstić information content (AvgIpc) is 2.33. The van der Waals surface area contributed by atoms with Crippen LogP contribution >= 0.6 is 0 Å². The summed E-state index contributed by atoms with van der Waals surface area (Å²) in [5, 5.41) is 16.5. The standard InChI is InChI=1S/C7H10O6/c8-6(9)12-4-1-2-5(3-4)13-7(10)11/h4-5H,1-3H2,(H,8,9)(H,10,11)/t4-,5-/m1/s1. The predicted molar refractivity (Wildman–Crippen MR) is 39.6 cm³/mol. The van der Waals surface area contributed by atoms with Crippen molar-refractivity contribution in [3.8, 4) is 0 Å². The molecule has 0 saturated heterocycles. The molecule has 0 aliphatic heterocycles. The molecule has 0 aromatic carbocycles. The molecule has 0 bridgehead atoms. The molecule has 0 heterocycles. The molecular weight excluding hydrogens is 180 g/mol. The maximum atomic E-state index is 10.1. The van der Waals surface area contributed by atoms with E-state index in [1.165, 1.54) is 0 Å². The lowest BCUT2D eigenvalue weighted by atomic mass is 10.3. The van der Waals surface area contributed by atoms with E-state index in [2.05, 4.69) is 9.47 Å². The largest absolute Gasteiger partial charge is 0.506 e. The van der Waals surface area contributed by atoms with Crippen LogP contribution in [0.25, 0.3) is 0 Å². The zero-order valence-electron chi connectivity index (χ0n) is 6.80. The zero-order chi connectivity index (χ0) is 9.84. The van der Waals surface area contributed by atoms with E-state index in [4.69, 9.17) is 10.2 Å². The summed E-state index contributed by atoms with van der Waals surface area (Å²) in [6, 6.07) is 0. The smallest absolute Gasteiger partial charge is 0.450 e. The molecule has 1 fully saturated rings. The Morgan fingerprint density at radius 1 is 1.00 bits per heavy atom. The van der Waals surface area contributed by atoms with Crippen molar-refractivity contribution in [2.45, 2.75) is 31.5 Å². The lowest BCUT2D eigenvalue weighted by Crippen LogP contribution is -2.17. The van der Waals surface area contributed by atoms with E-state index in [1.807, 2.05) is 0 Å². The van der Waals surface area contributed by atoms with E-state index >= 15 is 0 Å². The van der Waals surface area contributed by atoms with Gasteiger partial charge in [-0.3, -0.25) is 0 Å². The van der Waals surface area contributed by atoms with Crippen LogP contribution in [0.3, 0.4) is 0 Å². The monoisotopic (exact) mass is 190 g/mol. The van der Waals surface area contributed by atoms with Gasteiger partial charge in [0.25, 0.3) is 0 Å². The number of rotatable bonds is 2. The van der Waals surface area contributed by atoms with Crippen molar-refractivity contribution in [1.29, 1.82) is 0 Å². The van der Waals surface area contributed by atoms with Crippen molar-refractivity contribution in [1.82, 2.24) is 0 Å². The van der Waals surface area contributed by atoms with Crippen LogP contribution in [0.15, 0.2) is 0 Å². The van der Waals surface area contributed by atoms with Gasteiger partial charge >= 0.3 is 12.3 Å². The number of hydrogen-bond acceptors (Lipinski definition) is 4. The van der Waals surface area contributed by atoms with E-state index in [0.717, 1.165) is 0 Å². The van der Waals surface area contributed by atoms with Crippen molar-refractivity contribution in [2.24, 2.45) is 0 Å². The second-order valence-corrected chi connectivity index (χ2v) is 2.82. The van der Waals surface area contributed by atoms with Crippen LogP contribution in [0.4, 0.5) is 9.59 Å². The molecule has 2 atom stereocenters. The molecule has 0 unspecified atom stereocenters. The minimum Gasteiger partial charge on any atom is -0.450 e. The third-order valence-electron chi connectivity index (χ3n) is 1.87. The molecule has 1 aliphatic carbocycles. The van der Waals surface area contributed by atoms with E-state index in [-0.39, 0.29) is 0 Å². The summed E-state index contributed by atoms with van der Waals surface area (Å²) in [5.41, 5.74) is 0. The Balaban J connectivity index is 2.27. The van der Waals surface area contributed by atoms with Crippen LogP contribution in [0.1, 0.15) is 19.3 Å². The summed E-state index contributed by atoms with van der Waals surface area (Å²) >= 11 is 0. The Hall–Kier alpha value is -1.46. The second kappa shape index (κ2) is 3.97. The van der Waals surface area contributed by atoms with Crippen LogP contribution in [0.5, 0.6) is 0 Å². The third-order valence-corrected chi connectivity index (χ3v) is 1.87. The van der Waals surface area contributed by atoms with Crippen LogP contribution in [-0.4, -0.2) is 34.7 Å². The zero-order valence-corrected chi connectivity index (χ0v) is 6.80. The fourth-order valence-electron chi connectivity index (χ4n) is 1.40. The van der Waals surface area contributed by atoms with Crippen molar-refractivity contribution in [3.63, 3.8) is 0 Å². The minimum atomic E-state index is -1.33. The predicted octanol–water partition coefficient (Wildman–Crippen LogP) is 1.30. The molecule has 2 N–H and O–H groups in total. The number of carbonyl (C=O) groups is 2. The van der Waals surface area contributed by atoms with Gasteiger partial charge in [0.05, 0.1) is 0 Å². The van der Waals surface area contributed by atoms with Gasteiger partial charge in [-0.25, -0.2) is 9.59 Å². The summed E-state index contributed by atoms with van der Waals surface area (Å²) in [5.74, 6) is 0. The van der Waals surface area contributed by atoms with E-state index in [9.17, 15) is 9.59 Å². The molecule has 1 rings (SSSR count). The highest BCUT2D eigenvalue weighted by Crippen LogP contribution is 2.24. The first-order valence-electron chi connectivity index (χ1n) is 3.87. The summed E-state index contributed by atoms with van der Waals surface area (Å²) in [7, 11) is 0. The highest BCUT2D eigenvalue weighted by molar-refractivity contribution is 5.57. The summed E-state index contributed by atoms with van der Waals surface area (Å²) in [6.45, 7) is 0. The van der Waals surface area contributed by atoms with E-state index in [0.29, 0.717) is 19.3 Å². The number of carboxylic acid groups (broad SMARTS) is 2. The van der Waals surface area contributed by atoms with E-state index in [1.54, 1.807) is 0 Å². The van der Waals surface area contributed by atoms with Gasteiger partial charge in [0, 0.05) is 6.42 Å². The molecule has 0 amide bonds. The fraction of sp³-hybridized carbons (Fsp3) is 0.714. The van der Waals surface area contributed by atoms with Crippen LogP contribution in [0.2, 0.25) is 0 Å². The first-order chi connectivity index (χ1) is 6.08. The molecule has 1 saturated carbocycles. The highest BCUT2D eigenvalue weighted by atomic mass is 16.7. The minimum absolute atomic E-state index is 0.318. The van der Waals surface area contributed by atoms with Gasteiger partial charge in [0.15, 0.2) is 0 Å². The molecule has 13 heavy (non-hydrogen) atoms. The molecule has 74 valence electrons. The molecule has 0 aromatic heterocycles. The molecule has 6 nitrogen and oxygen atoms in total. The SMILES string of the molecule is O=C(O)O[C@@H]1CC[C@@H](OC(=O)O)C1. The molecule has 0 radical (unpaired) electrons. The van der Waals surface area contributed by atoms with Crippen molar-refractivity contribution >= 4 is 12.3 Å². The fourth-order valence-corrected chi connectivity index (χ4v) is 1.40. The first-order valence-corrected chi connectivity index (χ1v) is 3.87. The Labute approximate surface area is 74.1 Å². The first kappa shape index (κ1) is 9.63. The Morgan fingerprint density at radius 2 is 1.38 bits per heavy atom. The van der Waals surface area contributed by atoms with Crippen LogP contribution < -0.4 is 0 Å². The van der Waals surface area contributed by atoms with Gasteiger partial charge in [0.2, 0.25) is 0 Å². The highest BCUT2D eigenvalue weighted by Gasteiger charge is 2.29. The van der Waals surface area contributed by atoms with Gasteiger partial charge in [-0.15, -0.1) is 0 Å². The van der Waals surface area contributed by atoms with Gasteiger partial charge < -0.3 is 19.7 Å². The number of ether oxygens (including phenoxy) is 2. The molecule has 0 spiro atoms. The molecule has 0 aromatic rings. The summed E-state index contributed by atoms with van der Waals surface area (Å²) in [6.07, 6.45) is -2.17. The van der Waals surface area contributed by atoms with Crippen molar-refractivity contribution < 1.29 is 29.3 Å². The lowest BCUT2D eigenvalue weighted by Gasteiger charge is -2.09. The summed E-state index contributed by atoms with van der Waals surface area (Å²) in [4.78, 5) is 20.2. The maximum absolute atomic E-state index is 10.1. The molecular formula is C7H10O6. The molecule has 6 heteroatoms. The normalized spacial score (nSPS) is 26.8. The van der Waals surface area contributed by atoms with Crippen LogP contribution in [0, 0.1) is 0 Å². The quantitative estimate of drug-likeness (QED) is 0.637. The van der Waals surface area contributed by atoms with E-state index < -0.39 is 24.5 Å². The van der Waals surface area contributed by atoms with Gasteiger partial charge in [-0.05, 0) is 12.8 Å². The average molecular weight is 190 g/mol. The van der Waals surface area contributed by atoms with Crippen LogP contribution in [-0.2, 0) is 9.47 Å². The Kier molecular flexibility index (Phi) is 2.94. The van der Waals surface area contributed by atoms with Gasteiger partial charge in [-0.1, -0.05) is 0 Å². The second-order valence-electron chi connectivity index (χ2n) is 2.82. The Bertz CT molecular complexity index is 191. The lowest BCUT2D eigenvalue weighted by molar-refractivity contribution is 0.0333. The third kappa shape index (κ3) is 3.18. The summed E-state index contributed by atoms with van der Waals surface area (Å²) < 4.78 is 8.93. The van der Waals surface area contributed by atoms with Gasteiger partial charge in [0.1, 0.15) is 12.2 Å². The van der Waals surface area contributed by atoms with Gasteiger partial charge in [-0.2, -0.15) is 0 Å². The molecule has 1 aliphatic rings.